The first kappa shape index (κ1) is 9.99. The average molecular weight is 256 g/mol. The summed E-state index contributed by atoms with van der Waals surface area (Å²) >= 11 is 3.55. The van der Waals surface area contributed by atoms with Gasteiger partial charge in [-0.2, -0.15) is 0 Å². The van der Waals surface area contributed by atoms with Crippen LogP contribution in [0.25, 0.3) is 0 Å². The maximum Gasteiger partial charge on any atom is 0.0642 e. The number of hydrogen-bond acceptors (Lipinski definition) is 2. The summed E-state index contributed by atoms with van der Waals surface area (Å²) in [5.74, 6) is 0. The van der Waals surface area contributed by atoms with Crippen molar-refractivity contribution in [2.75, 3.05) is 31.2 Å². The molecule has 1 aliphatic rings. The highest BCUT2D eigenvalue weighted by atomic mass is 79.9. The normalized spacial score (nSPS) is 17.1. The number of ether oxygens (including phenoxy) is 1. The van der Waals surface area contributed by atoms with Crippen LogP contribution in [0.5, 0.6) is 0 Å². The third-order valence-corrected chi connectivity index (χ3v) is 3.45. The monoisotopic (exact) mass is 255 g/mol. The molecule has 2 nitrogen and oxygen atoms in total. The molecule has 0 aliphatic carbocycles. The summed E-state index contributed by atoms with van der Waals surface area (Å²) in [6.07, 6.45) is 0. The zero-order valence-corrected chi connectivity index (χ0v) is 9.88. The standard InChI is InChI=1S/C11H14BrNO/c1-9-10(12)3-2-4-11(9)13-5-7-14-8-6-13/h2-4H,5-8H2,1H3. The first-order valence-corrected chi connectivity index (χ1v) is 5.66. The molecule has 76 valence electrons. The van der Waals surface area contributed by atoms with Gasteiger partial charge in [0.05, 0.1) is 13.2 Å². The predicted octanol–water partition coefficient (Wildman–Crippen LogP) is 2.59. The third kappa shape index (κ3) is 1.93. The molecule has 1 heterocycles. The van der Waals surface area contributed by atoms with Crippen LogP contribution in [0.4, 0.5) is 5.69 Å². The predicted molar refractivity (Wildman–Crippen MR) is 61.9 cm³/mol. The Balaban J connectivity index is 2.26. The molecule has 3 heteroatoms. The van der Waals surface area contributed by atoms with E-state index < -0.39 is 0 Å². The Kier molecular flexibility index (Phi) is 3.08. The zero-order valence-electron chi connectivity index (χ0n) is 8.29. The second-order valence-electron chi connectivity index (χ2n) is 3.48. The van der Waals surface area contributed by atoms with Crippen LogP contribution in [0, 0.1) is 6.92 Å². The van der Waals surface area contributed by atoms with Crippen molar-refractivity contribution in [1.29, 1.82) is 0 Å². The number of halogens is 1. The van der Waals surface area contributed by atoms with Crippen LogP contribution in [0.3, 0.4) is 0 Å². The Hall–Kier alpha value is -0.540. The van der Waals surface area contributed by atoms with E-state index in [0.717, 1.165) is 26.3 Å². The maximum atomic E-state index is 5.34. The van der Waals surface area contributed by atoms with Gasteiger partial charge in [-0.05, 0) is 24.6 Å². The average Bonchev–Trinajstić information content (AvgIpc) is 2.23. The highest BCUT2D eigenvalue weighted by Crippen LogP contribution is 2.27. The fraction of sp³-hybridized carbons (Fsp3) is 0.455. The van der Waals surface area contributed by atoms with E-state index in [0.29, 0.717) is 0 Å². The van der Waals surface area contributed by atoms with Gasteiger partial charge in [-0.3, -0.25) is 0 Å². The van der Waals surface area contributed by atoms with Crippen LogP contribution in [-0.2, 0) is 4.74 Å². The number of rotatable bonds is 1. The van der Waals surface area contributed by atoms with Gasteiger partial charge >= 0.3 is 0 Å². The summed E-state index contributed by atoms with van der Waals surface area (Å²) < 4.78 is 6.52. The van der Waals surface area contributed by atoms with Crippen LogP contribution in [0.1, 0.15) is 5.56 Å². The van der Waals surface area contributed by atoms with Crippen molar-refractivity contribution in [2.24, 2.45) is 0 Å². The van der Waals surface area contributed by atoms with Crippen molar-refractivity contribution in [3.63, 3.8) is 0 Å². The van der Waals surface area contributed by atoms with Crippen molar-refractivity contribution in [1.82, 2.24) is 0 Å². The topological polar surface area (TPSA) is 12.5 Å². The Bertz CT molecular complexity index is 321. The van der Waals surface area contributed by atoms with Crippen molar-refractivity contribution < 1.29 is 4.74 Å². The smallest absolute Gasteiger partial charge is 0.0642 e. The highest BCUT2D eigenvalue weighted by molar-refractivity contribution is 9.10. The first-order valence-electron chi connectivity index (χ1n) is 4.87. The molecule has 1 aromatic rings. The molecule has 14 heavy (non-hydrogen) atoms. The molecule has 0 N–H and O–H groups in total. The summed E-state index contributed by atoms with van der Waals surface area (Å²) in [5, 5.41) is 0. The summed E-state index contributed by atoms with van der Waals surface area (Å²) in [6, 6.07) is 6.34. The van der Waals surface area contributed by atoms with Gasteiger partial charge < -0.3 is 9.64 Å². The molecule has 0 bridgehead atoms. The lowest BCUT2D eigenvalue weighted by molar-refractivity contribution is 0.122. The van der Waals surface area contributed by atoms with Crippen LogP contribution in [-0.4, -0.2) is 26.3 Å². The Morgan fingerprint density at radius 1 is 1.29 bits per heavy atom. The summed E-state index contributed by atoms with van der Waals surface area (Å²) in [5.41, 5.74) is 2.64. The number of anilines is 1. The quantitative estimate of drug-likeness (QED) is 0.765. The van der Waals surface area contributed by atoms with E-state index in [-0.39, 0.29) is 0 Å². The fourth-order valence-corrected chi connectivity index (χ4v) is 2.10. The molecule has 0 amide bonds. The second kappa shape index (κ2) is 4.32. The van der Waals surface area contributed by atoms with Gasteiger partial charge in [0.25, 0.3) is 0 Å². The minimum atomic E-state index is 0.839. The number of hydrogen-bond donors (Lipinski definition) is 0. The van der Waals surface area contributed by atoms with E-state index in [1.807, 2.05) is 0 Å². The molecule has 0 spiro atoms. The molecule has 0 aromatic heterocycles. The number of nitrogens with zero attached hydrogens (tertiary/aromatic N) is 1. The van der Waals surface area contributed by atoms with E-state index in [9.17, 15) is 0 Å². The molecule has 2 rings (SSSR count). The Morgan fingerprint density at radius 3 is 2.71 bits per heavy atom. The molecule has 1 saturated heterocycles. The summed E-state index contributed by atoms with van der Waals surface area (Å²) in [7, 11) is 0. The van der Waals surface area contributed by atoms with E-state index >= 15 is 0 Å². The third-order valence-electron chi connectivity index (χ3n) is 2.59. The van der Waals surface area contributed by atoms with E-state index in [1.54, 1.807) is 0 Å². The molecule has 0 radical (unpaired) electrons. The van der Waals surface area contributed by atoms with Gasteiger partial charge in [0, 0.05) is 23.2 Å². The lowest BCUT2D eigenvalue weighted by Gasteiger charge is -2.30. The van der Waals surface area contributed by atoms with Gasteiger partial charge in [-0.15, -0.1) is 0 Å². The van der Waals surface area contributed by atoms with Gasteiger partial charge in [0.1, 0.15) is 0 Å². The van der Waals surface area contributed by atoms with Gasteiger partial charge in [-0.1, -0.05) is 22.0 Å². The molecular weight excluding hydrogens is 242 g/mol. The van der Waals surface area contributed by atoms with E-state index in [2.05, 4.69) is 46.0 Å². The van der Waals surface area contributed by atoms with Crippen molar-refractivity contribution in [3.05, 3.63) is 28.2 Å². The molecular formula is C11H14BrNO. The molecule has 0 saturated carbocycles. The molecule has 1 aliphatic heterocycles. The lowest BCUT2D eigenvalue weighted by Crippen LogP contribution is -2.36. The SMILES string of the molecule is Cc1c(Br)cccc1N1CCOCC1. The Labute approximate surface area is 93.0 Å². The number of morpholine rings is 1. The van der Waals surface area contributed by atoms with Crippen molar-refractivity contribution in [2.45, 2.75) is 6.92 Å². The highest BCUT2D eigenvalue weighted by Gasteiger charge is 2.13. The lowest BCUT2D eigenvalue weighted by atomic mass is 10.2. The minimum Gasteiger partial charge on any atom is -0.378 e. The van der Waals surface area contributed by atoms with Crippen LogP contribution < -0.4 is 4.90 Å². The fourth-order valence-electron chi connectivity index (χ4n) is 1.74. The molecule has 0 unspecified atom stereocenters. The first-order chi connectivity index (χ1) is 6.79. The van der Waals surface area contributed by atoms with Crippen LogP contribution in [0.2, 0.25) is 0 Å². The summed E-state index contributed by atoms with van der Waals surface area (Å²) in [6.45, 7) is 5.82. The van der Waals surface area contributed by atoms with E-state index in [1.165, 1.54) is 15.7 Å². The molecule has 1 aromatic carbocycles. The second-order valence-corrected chi connectivity index (χ2v) is 4.34. The van der Waals surface area contributed by atoms with E-state index in [4.69, 9.17) is 4.74 Å². The maximum absolute atomic E-state index is 5.34. The van der Waals surface area contributed by atoms with Gasteiger partial charge in [0.15, 0.2) is 0 Å². The molecule has 0 atom stereocenters. The minimum absolute atomic E-state index is 0.839. The van der Waals surface area contributed by atoms with Crippen LogP contribution in [0.15, 0.2) is 22.7 Å². The Morgan fingerprint density at radius 2 is 2.00 bits per heavy atom. The largest absolute Gasteiger partial charge is 0.378 e. The number of benzene rings is 1. The van der Waals surface area contributed by atoms with Crippen molar-refractivity contribution >= 4 is 21.6 Å². The zero-order chi connectivity index (χ0) is 9.97. The molecule has 1 fully saturated rings. The van der Waals surface area contributed by atoms with Crippen molar-refractivity contribution in [3.8, 4) is 0 Å². The summed E-state index contributed by atoms with van der Waals surface area (Å²) in [4.78, 5) is 2.38. The van der Waals surface area contributed by atoms with Gasteiger partial charge in [-0.25, -0.2) is 0 Å². The van der Waals surface area contributed by atoms with Crippen LogP contribution >= 0.6 is 15.9 Å². The van der Waals surface area contributed by atoms with Gasteiger partial charge in [0.2, 0.25) is 0 Å².